The number of hydrogen-bond donors (Lipinski definition) is 1. The molecule has 0 saturated carbocycles. The van der Waals surface area contributed by atoms with Gasteiger partial charge in [0.2, 0.25) is 0 Å². The number of carbonyl (C=O) groups excluding carboxylic acids is 1. The summed E-state index contributed by atoms with van der Waals surface area (Å²) in [6.07, 6.45) is 4.68. The molecular weight excluding hydrogens is 236 g/mol. The average Bonchev–Trinajstić information content (AvgIpc) is 2.66. The Morgan fingerprint density at radius 3 is 2.89 bits per heavy atom. The number of nitrogen functional groups attached to an aromatic ring is 1. The highest BCUT2D eigenvalue weighted by Crippen LogP contribution is 2.23. The lowest BCUT2D eigenvalue weighted by atomic mass is 9.98. The number of anilines is 1. The van der Waals surface area contributed by atoms with Gasteiger partial charge in [0.25, 0.3) is 5.91 Å². The maximum Gasteiger partial charge on any atom is 0.255 e. The second-order valence-corrected chi connectivity index (χ2v) is 5.53. The summed E-state index contributed by atoms with van der Waals surface area (Å²) in [4.78, 5) is 14.5. The van der Waals surface area contributed by atoms with Gasteiger partial charge in [0.15, 0.2) is 0 Å². The van der Waals surface area contributed by atoms with Gasteiger partial charge in [-0.1, -0.05) is 25.5 Å². The van der Waals surface area contributed by atoms with E-state index in [0.717, 1.165) is 37.4 Å². The van der Waals surface area contributed by atoms with Gasteiger partial charge in [0.1, 0.15) is 0 Å². The fourth-order valence-corrected chi connectivity index (χ4v) is 2.81. The Balaban J connectivity index is 2.13. The van der Waals surface area contributed by atoms with Gasteiger partial charge in [0.05, 0.1) is 5.56 Å². The summed E-state index contributed by atoms with van der Waals surface area (Å²) >= 11 is 0. The topological polar surface area (TPSA) is 46.3 Å². The molecule has 1 aromatic carbocycles. The first-order valence-corrected chi connectivity index (χ1v) is 7.27. The summed E-state index contributed by atoms with van der Waals surface area (Å²) in [5.74, 6) is 0.866. The van der Waals surface area contributed by atoms with Gasteiger partial charge in [-0.15, -0.1) is 0 Å². The van der Waals surface area contributed by atoms with Gasteiger partial charge in [0, 0.05) is 18.8 Å². The molecule has 0 spiro atoms. The number of para-hydroxylation sites is 1. The number of hydrogen-bond acceptors (Lipinski definition) is 2. The predicted molar refractivity (Wildman–Crippen MR) is 79.1 cm³/mol. The van der Waals surface area contributed by atoms with Crippen molar-refractivity contribution < 1.29 is 4.79 Å². The van der Waals surface area contributed by atoms with Crippen LogP contribution < -0.4 is 5.73 Å². The number of likely N-dealkylation sites (tertiary alicyclic amines) is 1. The summed E-state index contributed by atoms with van der Waals surface area (Å²) in [5, 5.41) is 0. The Hall–Kier alpha value is -1.51. The molecule has 1 aliphatic heterocycles. The molecule has 1 saturated heterocycles. The fraction of sp³-hybridized carbons (Fsp3) is 0.562. The molecule has 0 radical (unpaired) electrons. The Bertz CT molecular complexity index is 456. The van der Waals surface area contributed by atoms with Crippen molar-refractivity contribution in [1.29, 1.82) is 0 Å². The zero-order chi connectivity index (χ0) is 13.8. The largest absolute Gasteiger partial charge is 0.398 e. The second-order valence-electron chi connectivity index (χ2n) is 5.53. The van der Waals surface area contributed by atoms with Crippen molar-refractivity contribution in [2.75, 3.05) is 18.8 Å². The number of aryl methyl sites for hydroxylation is 1. The molecule has 1 aliphatic rings. The minimum absolute atomic E-state index is 0.0953. The molecule has 1 aromatic rings. The predicted octanol–water partition coefficient (Wildman–Crippen LogP) is 3.23. The van der Waals surface area contributed by atoms with E-state index >= 15 is 0 Å². The minimum atomic E-state index is 0.0953. The lowest BCUT2D eigenvalue weighted by molar-refractivity contribution is 0.0761. The van der Waals surface area contributed by atoms with Crippen LogP contribution in [0.5, 0.6) is 0 Å². The summed E-state index contributed by atoms with van der Waals surface area (Å²) < 4.78 is 0. The van der Waals surface area contributed by atoms with Crippen molar-refractivity contribution >= 4 is 11.6 Å². The van der Waals surface area contributed by atoms with Crippen molar-refractivity contribution in [3.8, 4) is 0 Å². The highest BCUT2D eigenvalue weighted by Gasteiger charge is 2.22. The van der Waals surface area contributed by atoms with Crippen LogP contribution in [0.3, 0.4) is 0 Å². The van der Waals surface area contributed by atoms with Crippen molar-refractivity contribution in [2.24, 2.45) is 5.92 Å². The summed E-state index contributed by atoms with van der Waals surface area (Å²) in [7, 11) is 0. The van der Waals surface area contributed by atoms with Crippen molar-refractivity contribution in [3.05, 3.63) is 29.3 Å². The highest BCUT2D eigenvalue weighted by atomic mass is 16.2. The van der Waals surface area contributed by atoms with E-state index in [9.17, 15) is 4.79 Å². The molecule has 0 aliphatic carbocycles. The molecular formula is C16H24N2O. The van der Waals surface area contributed by atoms with Crippen LogP contribution in [0.15, 0.2) is 18.2 Å². The van der Waals surface area contributed by atoms with E-state index in [0.29, 0.717) is 11.3 Å². The Labute approximate surface area is 115 Å². The van der Waals surface area contributed by atoms with Crippen LogP contribution in [0.25, 0.3) is 0 Å². The lowest BCUT2D eigenvalue weighted by Gasteiger charge is -2.22. The van der Waals surface area contributed by atoms with Gasteiger partial charge in [-0.3, -0.25) is 4.79 Å². The van der Waals surface area contributed by atoms with Gasteiger partial charge >= 0.3 is 0 Å². The second kappa shape index (κ2) is 6.09. The van der Waals surface area contributed by atoms with Crippen LogP contribution in [0, 0.1) is 12.8 Å². The number of benzene rings is 1. The van der Waals surface area contributed by atoms with E-state index in [1.165, 1.54) is 12.8 Å². The van der Waals surface area contributed by atoms with E-state index in [1.807, 2.05) is 30.0 Å². The van der Waals surface area contributed by atoms with Crippen LogP contribution >= 0.6 is 0 Å². The van der Waals surface area contributed by atoms with Gasteiger partial charge in [-0.2, -0.15) is 0 Å². The molecule has 2 rings (SSSR count). The summed E-state index contributed by atoms with van der Waals surface area (Å²) in [6, 6.07) is 5.69. The molecule has 3 nitrogen and oxygen atoms in total. The number of nitrogens with two attached hydrogens (primary N) is 1. The van der Waals surface area contributed by atoms with Crippen molar-refractivity contribution in [1.82, 2.24) is 4.90 Å². The minimum Gasteiger partial charge on any atom is -0.398 e. The number of amides is 1. The number of rotatable bonds is 2. The zero-order valence-electron chi connectivity index (χ0n) is 12.0. The third-order valence-corrected chi connectivity index (χ3v) is 4.27. The molecule has 1 atom stereocenters. The first-order chi connectivity index (χ1) is 9.13. The quantitative estimate of drug-likeness (QED) is 0.830. The molecule has 104 valence electrons. The monoisotopic (exact) mass is 260 g/mol. The molecule has 1 fully saturated rings. The average molecular weight is 260 g/mol. The van der Waals surface area contributed by atoms with Crippen LogP contribution in [0.1, 0.15) is 48.5 Å². The first-order valence-electron chi connectivity index (χ1n) is 7.27. The van der Waals surface area contributed by atoms with Crippen LogP contribution in [-0.4, -0.2) is 23.9 Å². The van der Waals surface area contributed by atoms with Crippen molar-refractivity contribution in [2.45, 2.75) is 39.5 Å². The van der Waals surface area contributed by atoms with Crippen LogP contribution in [-0.2, 0) is 0 Å². The van der Waals surface area contributed by atoms with Gasteiger partial charge < -0.3 is 10.6 Å². The molecule has 1 amide bonds. The number of nitrogens with zero attached hydrogens (tertiary/aromatic N) is 1. The molecule has 0 aromatic heterocycles. The lowest BCUT2D eigenvalue weighted by Crippen LogP contribution is -2.32. The maximum absolute atomic E-state index is 12.6. The fourth-order valence-electron chi connectivity index (χ4n) is 2.81. The Morgan fingerprint density at radius 2 is 2.16 bits per heavy atom. The molecule has 3 heteroatoms. The maximum atomic E-state index is 12.6. The van der Waals surface area contributed by atoms with E-state index in [2.05, 4.69) is 6.92 Å². The third-order valence-electron chi connectivity index (χ3n) is 4.27. The molecule has 2 N–H and O–H groups in total. The first kappa shape index (κ1) is 13.9. The van der Waals surface area contributed by atoms with Gasteiger partial charge in [-0.05, 0) is 43.7 Å². The SMILES string of the molecule is CCC1CCCN(C(=O)c2cccc(C)c2N)CC1. The Kier molecular flexibility index (Phi) is 4.46. The molecule has 19 heavy (non-hydrogen) atoms. The summed E-state index contributed by atoms with van der Waals surface area (Å²) in [6.45, 7) is 5.91. The van der Waals surface area contributed by atoms with Crippen molar-refractivity contribution in [3.63, 3.8) is 0 Å². The van der Waals surface area contributed by atoms with E-state index < -0.39 is 0 Å². The summed E-state index contributed by atoms with van der Waals surface area (Å²) in [5.41, 5.74) is 8.30. The van der Waals surface area contributed by atoms with Crippen LogP contribution in [0.4, 0.5) is 5.69 Å². The third kappa shape index (κ3) is 3.09. The Morgan fingerprint density at radius 1 is 1.37 bits per heavy atom. The molecule has 1 unspecified atom stereocenters. The van der Waals surface area contributed by atoms with Gasteiger partial charge in [-0.25, -0.2) is 0 Å². The smallest absolute Gasteiger partial charge is 0.255 e. The van der Waals surface area contributed by atoms with E-state index in [-0.39, 0.29) is 5.91 Å². The van der Waals surface area contributed by atoms with E-state index in [1.54, 1.807) is 0 Å². The van der Waals surface area contributed by atoms with E-state index in [4.69, 9.17) is 5.73 Å². The zero-order valence-corrected chi connectivity index (χ0v) is 12.0. The highest BCUT2D eigenvalue weighted by molar-refractivity contribution is 5.99. The number of carbonyl (C=O) groups is 1. The standard InChI is InChI=1S/C16H24N2O/c1-3-13-7-5-10-18(11-9-13)16(19)14-8-4-6-12(2)15(14)17/h4,6,8,13H,3,5,7,9-11,17H2,1-2H3. The molecule has 0 bridgehead atoms. The molecule has 1 heterocycles. The van der Waals surface area contributed by atoms with Crippen LogP contribution in [0.2, 0.25) is 0 Å². The normalized spacial score (nSPS) is 20.1.